The van der Waals surface area contributed by atoms with Gasteiger partial charge in [-0.25, -0.2) is 0 Å². The molecule has 0 radical (unpaired) electrons. The van der Waals surface area contributed by atoms with Crippen LogP contribution < -0.4 is 4.90 Å². The van der Waals surface area contributed by atoms with Gasteiger partial charge >= 0.3 is 0 Å². The molecule has 3 heterocycles. The lowest BCUT2D eigenvalue weighted by atomic mass is 10.2. The molecule has 0 aliphatic carbocycles. The summed E-state index contributed by atoms with van der Waals surface area (Å²) in [6, 6.07) is 15.6. The van der Waals surface area contributed by atoms with Gasteiger partial charge in [-0.2, -0.15) is 5.10 Å². The van der Waals surface area contributed by atoms with E-state index in [1.165, 1.54) is 11.8 Å². The van der Waals surface area contributed by atoms with Crippen LogP contribution in [0.2, 0.25) is 0 Å². The van der Waals surface area contributed by atoms with Gasteiger partial charge in [0, 0.05) is 24.7 Å². The fraction of sp³-hybridized carbons (Fsp3) is 0.136. The molecule has 1 aromatic carbocycles. The Balaban J connectivity index is 1.60. The van der Waals surface area contributed by atoms with Gasteiger partial charge in [0.05, 0.1) is 23.9 Å². The van der Waals surface area contributed by atoms with Crippen LogP contribution in [0.5, 0.6) is 0 Å². The number of amides is 1. The van der Waals surface area contributed by atoms with E-state index in [0.29, 0.717) is 22.4 Å². The number of rotatable bonds is 6. The average Bonchev–Trinajstić information content (AvgIpc) is 3.49. The summed E-state index contributed by atoms with van der Waals surface area (Å²) < 4.78 is 5.43. The Labute approximate surface area is 183 Å². The van der Waals surface area contributed by atoms with Crippen molar-refractivity contribution < 1.29 is 9.21 Å². The Kier molecular flexibility index (Phi) is 6.15. The average molecular weight is 437 g/mol. The van der Waals surface area contributed by atoms with Gasteiger partial charge in [0.15, 0.2) is 5.17 Å². The predicted octanol–water partition coefficient (Wildman–Crippen LogP) is 4.91. The molecule has 1 amide bonds. The van der Waals surface area contributed by atoms with Crippen molar-refractivity contribution in [3.8, 4) is 0 Å². The quantitative estimate of drug-likeness (QED) is 0.313. The maximum Gasteiger partial charge on any atom is 0.267 e. The minimum atomic E-state index is -0.113. The van der Waals surface area contributed by atoms with Crippen molar-refractivity contribution in [3.63, 3.8) is 0 Å². The summed E-state index contributed by atoms with van der Waals surface area (Å²) in [6.45, 7) is 0.309. The zero-order valence-electron chi connectivity index (χ0n) is 16.6. The maximum absolute atomic E-state index is 13.1. The van der Waals surface area contributed by atoms with Gasteiger partial charge in [-0.3, -0.25) is 9.69 Å². The van der Waals surface area contributed by atoms with Crippen molar-refractivity contribution in [1.82, 2.24) is 4.90 Å². The first kappa shape index (κ1) is 20.2. The highest BCUT2D eigenvalue weighted by molar-refractivity contribution is 8.18. The number of hydrogen-bond donors (Lipinski definition) is 0. The van der Waals surface area contributed by atoms with Gasteiger partial charge in [-0.1, -0.05) is 18.2 Å². The summed E-state index contributed by atoms with van der Waals surface area (Å²) in [5.41, 5.74) is 2.06. The minimum Gasteiger partial charge on any atom is -0.467 e. The van der Waals surface area contributed by atoms with Gasteiger partial charge in [0.25, 0.3) is 5.91 Å². The van der Waals surface area contributed by atoms with Crippen LogP contribution >= 0.6 is 23.1 Å². The lowest BCUT2D eigenvalue weighted by Crippen LogP contribution is -2.28. The maximum atomic E-state index is 13.1. The number of thiophene rings is 1. The van der Waals surface area contributed by atoms with Crippen molar-refractivity contribution in [2.45, 2.75) is 6.54 Å². The normalized spacial score (nSPS) is 17.0. The molecule has 1 aliphatic heterocycles. The third-order valence-electron chi connectivity index (χ3n) is 4.36. The Morgan fingerprint density at radius 3 is 2.63 bits per heavy atom. The standard InChI is InChI=1S/C22H20N4O2S2/c1-25(2)17-9-7-16(8-10-17)13-20-21(27)26(15-18-5-3-11-28-18)22(30-20)24-23-14-19-6-4-12-29-19/h3-14H,15H2,1-2H3/b20-13-,23-14+,24-22-. The molecule has 0 spiro atoms. The highest BCUT2D eigenvalue weighted by Gasteiger charge is 2.34. The van der Waals surface area contributed by atoms with Crippen LogP contribution in [0, 0.1) is 0 Å². The van der Waals surface area contributed by atoms with Crippen LogP contribution in [0.3, 0.4) is 0 Å². The Bertz CT molecular complexity index is 1080. The highest BCUT2D eigenvalue weighted by Crippen LogP contribution is 2.34. The highest BCUT2D eigenvalue weighted by atomic mass is 32.2. The molecule has 1 aliphatic rings. The van der Waals surface area contributed by atoms with Gasteiger partial charge < -0.3 is 9.32 Å². The van der Waals surface area contributed by atoms with Gasteiger partial charge in [-0.05, 0) is 59.1 Å². The molecule has 0 N–H and O–H groups in total. The number of thioether (sulfide) groups is 1. The van der Waals surface area contributed by atoms with Crippen molar-refractivity contribution >= 4 is 52.2 Å². The summed E-state index contributed by atoms with van der Waals surface area (Å²) in [5.74, 6) is 0.577. The molecule has 3 aromatic rings. The van der Waals surface area contributed by atoms with Crippen LogP contribution in [-0.2, 0) is 11.3 Å². The first-order chi connectivity index (χ1) is 14.6. The molecule has 4 rings (SSSR count). The molecule has 0 atom stereocenters. The molecular formula is C22H20N4O2S2. The van der Waals surface area contributed by atoms with Crippen molar-refractivity contribution in [3.05, 3.63) is 81.3 Å². The minimum absolute atomic E-state index is 0.113. The molecule has 30 heavy (non-hydrogen) atoms. The van der Waals surface area contributed by atoms with Gasteiger partial charge in [-0.15, -0.1) is 16.4 Å². The number of benzene rings is 1. The molecule has 1 fully saturated rings. The van der Waals surface area contributed by atoms with E-state index < -0.39 is 0 Å². The molecule has 0 saturated carbocycles. The second kappa shape index (κ2) is 9.15. The number of hydrogen-bond acceptors (Lipinski definition) is 7. The predicted molar refractivity (Wildman–Crippen MR) is 125 cm³/mol. The first-order valence-electron chi connectivity index (χ1n) is 9.26. The molecule has 0 unspecified atom stereocenters. The second-order valence-electron chi connectivity index (χ2n) is 6.71. The van der Waals surface area contributed by atoms with E-state index in [2.05, 4.69) is 10.2 Å². The largest absolute Gasteiger partial charge is 0.467 e. The molecule has 152 valence electrons. The number of amidine groups is 1. The molecule has 1 saturated heterocycles. The zero-order valence-corrected chi connectivity index (χ0v) is 18.2. The summed E-state index contributed by atoms with van der Waals surface area (Å²) in [5, 5.41) is 11.0. The lowest BCUT2D eigenvalue weighted by molar-refractivity contribution is -0.122. The molecule has 6 nitrogen and oxygen atoms in total. The Morgan fingerprint density at radius 2 is 1.97 bits per heavy atom. The number of anilines is 1. The van der Waals surface area contributed by atoms with E-state index in [9.17, 15) is 4.79 Å². The van der Waals surface area contributed by atoms with Gasteiger partial charge in [0.1, 0.15) is 5.76 Å². The van der Waals surface area contributed by atoms with E-state index in [1.54, 1.807) is 34.8 Å². The van der Waals surface area contributed by atoms with Crippen LogP contribution in [0.25, 0.3) is 6.08 Å². The summed E-state index contributed by atoms with van der Waals surface area (Å²) in [6.07, 6.45) is 5.17. The molecule has 0 bridgehead atoms. The van der Waals surface area contributed by atoms with Crippen LogP contribution in [0.15, 0.2) is 79.7 Å². The third-order valence-corrected chi connectivity index (χ3v) is 6.16. The van der Waals surface area contributed by atoms with Crippen molar-refractivity contribution in [1.29, 1.82) is 0 Å². The lowest BCUT2D eigenvalue weighted by Gasteiger charge is -2.12. The zero-order chi connectivity index (χ0) is 20.9. The monoisotopic (exact) mass is 436 g/mol. The summed E-state index contributed by atoms with van der Waals surface area (Å²) in [7, 11) is 3.99. The van der Waals surface area contributed by atoms with Crippen LogP contribution in [0.1, 0.15) is 16.2 Å². The smallest absolute Gasteiger partial charge is 0.267 e. The first-order valence-corrected chi connectivity index (χ1v) is 11.0. The number of carbonyl (C=O) groups is 1. The Hall–Kier alpha value is -3.10. The molecule has 2 aromatic heterocycles. The van der Waals surface area contributed by atoms with Crippen LogP contribution in [0.4, 0.5) is 5.69 Å². The van der Waals surface area contributed by atoms with E-state index in [0.717, 1.165) is 16.1 Å². The molecule has 8 heteroatoms. The fourth-order valence-electron chi connectivity index (χ4n) is 2.80. The number of furan rings is 1. The number of carbonyl (C=O) groups excluding carboxylic acids is 1. The summed E-state index contributed by atoms with van der Waals surface area (Å²) >= 11 is 2.90. The van der Waals surface area contributed by atoms with Crippen molar-refractivity contribution in [2.75, 3.05) is 19.0 Å². The third kappa shape index (κ3) is 4.72. The fourth-order valence-corrected chi connectivity index (χ4v) is 4.31. The van der Waals surface area contributed by atoms with E-state index in [1.807, 2.05) is 72.9 Å². The SMILES string of the molecule is CN(C)c1ccc(/C=C2\S/C(=N\N=C\c3cccs3)N(Cc3ccco3)C2=O)cc1. The van der Waals surface area contributed by atoms with Crippen molar-refractivity contribution in [2.24, 2.45) is 10.2 Å². The Morgan fingerprint density at radius 1 is 1.13 bits per heavy atom. The topological polar surface area (TPSA) is 61.4 Å². The molecular weight excluding hydrogens is 416 g/mol. The second-order valence-corrected chi connectivity index (χ2v) is 8.70. The van der Waals surface area contributed by atoms with Crippen LogP contribution in [-0.4, -0.2) is 36.3 Å². The van der Waals surface area contributed by atoms with E-state index in [4.69, 9.17) is 4.42 Å². The summed E-state index contributed by atoms with van der Waals surface area (Å²) in [4.78, 5) is 18.3. The van der Waals surface area contributed by atoms with Gasteiger partial charge in [0.2, 0.25) is 0 Å². The van der Waals surface area contributed by atoms with E-state index >= 15 is 0 Å². The number of nitrogens with zero attached hydrogens (tertiary/aromatic N) is 4. The van der Waals surface area contributed by atoms with E-state index in [-0.39, 0.29) is 5.91 Å².